The van der Waals surface area contributed by atoms with Crippen molar-refractivity contribution in [3.63, 3.8) is 0 Å². The molecule has 0 saturated heterocycles. The van der Waals surface area contributed by atoms with Gasteiger partial charge in [0.1, 0.15) is 11.5 Å². The highest BCUT2D eigenvalue weighted by Gasteiger charge is 2.41. The smallest absolute Gasteiger partial charge is 0.227 e. The van der Waals surface area contributed by atoms with Crippen molar-refractivity contribution in [3.8, 4) is 11.5 Å². The molecule has 1 aliphatic rings. The largest absolute Gasteiger partial charge is 0.508 e. The monoisotopic (exact) mass is 424 g/mol. The van der Waals surface area contributed by atoms with Gasteiger partial charge >= 0.3 is 0 Å². The van der Waals surface area contributed by atoms with Crippen LogP contribution in [0, 0.1) is 6.92 Å². The van der Waals surface area contributed by atoms with E-state index in [1.54, 1.807) is 19.1 Å². The molecule has 4 N–H and O–H groups in total. The van der Waals surface area contributed by atoms with Gasteiger partial charge in [0, 0.05) is 41.5 Å². The number of aromatic nitrogens is 1. The maximum Gasteiger partial charge on any atom is 0.227 e. The Morgan fingerprint density at radius 3 is 2.74 bits per heavy atom. The standard InChI is InChI=1S/C24H28N2O5/c1-15-11-20(28)22(30)23(31-15)24(8-3-2-4-9-24)13-21(29)25-10-7-16-14-26-19-6-5-17(27)12-18(16)19/h5-6,11-12,14,26-27,30H,2-4,7-10,13H2,1H3,(H,25,29). The second-order valence-electron chi connectivity index (χ2n) is 8.56. The van der Waals surface area contributed by atoms with Gasteiger partial charge in [-0.05, 0) is 49.9 Å². The molecule has 3 aromatic rings. The number of fused-ring (bicyclic) bond motifs is 1. The first kappa shape index (κ1) is 21.0. The molecule has 1 aliphatic carbocycles. The second kappa shape index (κ2) is 8.49. The molecule has 31 heavy (non-hydrogen) atoms. The summed E-state index contributed by atoms with van der Waals surface area (Å²) in [5, 5.41) is 24.1. The van der Waals surface area contributed by atoms with Crippen LogP contribution in [0.2, 0.25) is 0 Å². The van der Waals surface area contributed by atoms with Gasteiger partial charge < -0.3 is 24.9 Å². The minimum Gasteiger partial charge on any atom is -0.508 e. The zero-order valence-electron chi connectivity index (χ0n) is 17.7. The maximum absolute atomic E-state index is 12.9. The van der Waals surface area contributed by atoms with Crippen LogP contribution in [-0.2, 0) is 16.6 Å². The van der Waals surface area contributed by atoms with Crippen LogP contribution in [0.5, 0.6) is 11.5 Å². The number of aryl methyl sites for hydroxylation is 1. The molecule has 1 fully saturated rings. The SMILES string of the molecule is Cc1cc(=O)c(O)c(C2(CC(=O)NCCc3c[nH]c4ccc(O)cc34)CCCCC2)o1. The van der Waals surface area contributed by atoms with Crippen molar-refractivity contribution < 1.29 is 19.4 Å². The fraction of sp³-hybridized carbons (Fsp3) is 0.417. The average molecular weight is 424 g/mol. The summed E-state index contributed by atoms with van der Waals surface area (Å²) in [6, 6.07) is 6.44. The molecular weight excluding hydrogens is 396 g/mol. The first-order valence-corrected chi connectivity index (χ1v) is 10.8. The van der Waals surface area contributed by atoms with Gasteiger partial charge in [-0.25, -0.2) is 0 Å². The van der Waals surface area contributed by atoms with Crippen LogP contribution in [-0.4, -0.2) is 27.6 Å². The molecule has 7 nitrogen and oxygen atoms in total. The van der Waals surface area contributed by atoms with Gasteiger partial charge in [0.05, 0.1) is 0 Å². The number of rotatable bonds is 6. The zero-order valence-corrected chi connectivity index (χ0v) is 17.7. The van der Waals surface area contributed by atoms with Gasteiger partial charge in [-0.1, -0.05) is 19.3 Å². The van der Waals surface area contributed by atoms with Crippen molar-refractivity contribution >= 4 is 16.8 Å². The van der Waals surface area contributed by atoms with E-state index in [1.807, 2.05) is 12.3 Å². The lowest BCUT2D eigenvalue weighted by molar-refractivity contribution is -0.122. The number of phenolic OH excluding ortho intramolecular Hbond substituents is 1. The van der Waals surface area contributed by atoms with Crippen molar-refractivity contribution in [2.75, 3.05) is 6.54 Å². The van der Waals surface area contributed by atoms with Gasteiger partial charge in [0.25, 0.3) is 0 Å². The van der Waals surface area contributed by atoms with E-state index < -0.39 is 10.8 Å². The molecule has 1 saturated carbocycles. The van der Waals surface area contributed by atoms with Crippen LogP contribution < -0.4 is 10.7 Å². The zero-order chi connectivity index (χ0) is 22.0. The van der Waals surface area contributed by atoms with Crippen molar-refractivity contribution in [2.24, 2.45) is 0 Å². The summed E-state index contributed by atoms with van der Waals surface area (Å²) in [5.74, 6) is 0.383. The van der Waals surface area contributed by atoms with Crippen molar-refractivity contribution in [3.05, 3.63) is 57.8 Å². The van der Waals surface area contributed by atoms with Gasteiger partial charge in [-0.3, -0.25) is 9.59 Å². The van der Waals surface area contributed by atoms with E-state index in [9.17, 15) is 19.8 Å². The summed E-state index contributed by atoms with van der Waals surface area (Å²) in [4.78, 5) is 28.2. The number of carbonyl (C=O) groups is 1. The second-order valence-corrected chi connectivity index (χ2v) is 8.56. The Kier molecular flexibility index (Phi) is 5.76. The first-order valence-electron chi connectivity index (χ1n) is 10.8. The fourth-order valence-electron chi connectivity index (χ4n) is 4.76. The third-order valence-electron chi connectivity index (χ3n) is 6.30. The fourth-order valence-corrected chi connectivity index (χ4v) is 4.76. The Labute approximate surface area is 180 Å². The summed E-state index contributed by atoms with van der Waals surface area (Å²) < 4.78 is 5.80. The average Bonchev–Trinajstić information content (AvgIpc) is 3.13. The molecule has 4 rings (SSSR count). The van der Waals surface area contributed by atoms with E-state index in [1.165, 1.54) is 6.07 Å². The highest BCUT2D eigenvalue weighted by atomic mass is 16.4. The van der Waals surface area contributed by atoms with Crippen molar-refractivity contribution in [1.29, 1.82) is 0 Å². The topological polar surface area (TPSA) is 116 Å². The number of phenols is 1. The predicted molar refractivity (Wildman–Crippen MR) is 117 cm³/mol. The predicted octanol–water partition coefficient (Wildman–Crippen LogP) is 3.79. The van der Waals surface area contributed by atoms with E-state index in [0.29, 0.717) is 31.6 Å². The minimum atomic E-state index is -0.663. The van der Waals surface area contributed by atoms with Crippen LogP contribution in [0.25, 0.3) is 10.9 Å². The summed E-state index contributed by atoms with van der Waals surface area (Å²) in [5.41, 5.74) is 0.822. The number of amides is 1. The molecule has 0 radical (unpaired) electrons. The number of hydrogen-bond donors (Lipinski definition) is 4. The molecular formula is C24H28N2O5. The Balaban J connectivity index is 1.47. The van der Waals surface area contributed by atoms with Gasteiger partial charge in [-0.2, -0.15) is 0 Å². The molecule has 0 unspecified atom stereocenters. The first-order chi connectivity index (χ1) is 14.9. The normalized spacial score (nSPS) is 15.8. The Bertz CT molecular complexity index is 1150. The van der Waals surface area contributed by atoms with Crippen LogP contribution in [0.1, 0.15) is 55.6 Å². The Hall–Kier alpha value is -3.22. The number of benzene rings is 1. The molecule has 0 spiro atoms. The third kappa shape index (κ3) is 4.31. The molecule has 0 aliphatic heterocycles. The maximum atomic E-state index is 12.9. The molecule has 2 aromatic heterocycles. The van der Waals surface area contributed by atoms with E-state index in [4.69, 9.17) is 4.42 Å². The van der Waals surface area contributed by atoms with Gasteiger partial charge in [0.2, 0.25) is 17.1 Å². The summed E-state index contributed by atoms with van der Waals surface area (Å²) in [6.45, 7) is 2.13. The molecule has 0 atom stereocenters. The van der Waals surface area contributed by atoms with Crippen molar-refractivity contribution in [1.82, 2.24) is 10.3 Å². The van der Waals surface area contributed by atoms with E-state index in [0.717, 1.165) is 35.7 Å². The third-order valence-corrected chi connectivity index (χ3v) is 6.30. The van der Waals surface area contributed by atoms with Gasteiger partial charge in [-0.15, -0.1) is 0 Å². The Morgan fingerprint density at radius 1 is 1.19 bits per heavy atom. The lowest BCUT2D eigenvalue weighted by Gasteiger charge is -2.36. The van der Waals surface area contributed by atoms with Crippen LogP contribution in [0.4, 0.5) is 0 Å². The van der Waals surface area contributed by atoms with E-state index in [-0.39, 0.29) is 29.6 Å². The van der Waals surface area contributed by atoms with E-state index in [2.05, 4.69) is 10.3 Å². The summed E-state index contributed by atoms with van der Waals surface area (Å²) in [6.07, 6.45) is 6.97. The molecule has 164 valence electrons. The summed E-state index contributed by atoms with van der Waals surface area (Å²) >= 11 is 0. The highest BCUT2D eigenvalue weighted by molar-refractivity contribution is 5.84. The number of hydrogen-bond acceptors (Lipinski definition) is 5. The molecule has 1 amide bonds. The Morgan fingerprint density at radius 2 is 1.97 bits per heavy atom. The van der Waals surface area contributed by atoms with Crippen LogP contribution in [0.15, 0.2) is 39.7 Å². The molecule has 7 heteroatoms. The van der Waals surface area contributed by atoms with Crippen molar-refractivity contribution in [2.45, 2.75) is 57.3 Å². The lowest BCUT2D eigenvalue weighted by atomic mass is 9.69. The quantitative estimate of drug-likeness (QED) is 0.480. The van der Waals surface area contributed by atoms with E-state index >= 15 is 0 Å². The highest BCUT2D eigenvalue weighted by Crippen LogP contribution is 2.44. The summed E-state index contributed by atoms with van der Waals surface area (Å²) in [7, 11) is 0. The number of carbonyl (C=O) groups excluding carboxylic acids is 1. The molecule has 2 heterocycles. The van der Waals surface area contributed by atoms with Crippen LogP contribution in [0.3, 0.4) is 0 Å². The van der Waals surface area contributed by atoms with Crippen LogP contribution >= 0.6 is 0 Å². The molecule has 0 bridgehead atoms. The number of nitrogens with one attached hydrogen (secondary N) is 2. The number of aromatic hydroxyl groups is 2. The van der Waals surface area contributed by atoms with Gasteiger partial charge in [0.15, 0.2) is 5.76 Å². The minimum absolute atomic E-state index is 0.131. The number of aromatic amines is 1. The number of H-pyrrole nitrogens is 1. The molecule has 1 aromatic carbocycles. The lowest BCUT2D eigenvalue weighted by Crippen LogP contribution is -2.38.